The zero-order valence-corrected chi connectivity index (χ0v) is 11.4. The molecule has 4 nitrogen and oxygen atoms in total. The number of hydrogen-bond acceptors (Lipinski definition) is 3. The highest BCUT2D eigenvalue weighted by atomic mass is 16.5. The van der Waals surface area contributed by atoms with E-state index in [2.05, 4.69) is 22.8 Å². The standard InChI is InChI=1S/C15H22N2O2/c1-19-11-10-16-12-14(18)17-15(8-5-9-15)13-6-3-2-4-7-13/h2-4,6-7,16H,5,8-12H2,1H3,(H,17,18). The van der Waals surface area contributed by atoms with E-state index in [0.717, 1.165) is 12.8 Å². The van der Waals surface area contributed by atoms with Crippen LogP contribution in [0.25, 0.3) is 0 Å². The Morgan fingerprint density at radius 3 is 2.63 bits per heavy atom. The smallest absolute Gasteiger partial charge is 0.234 e. The number of benzene rings is 1. The number of amides is 1. The molecule has 2 rings (SSSR count). The summed E-state index contributed by atoms with van der Waals surface area (Å²) in [4.78, 5) is 12.0. The van der Waals surface area contributed by atoms with Gasteiger partial charge >= 0.3 is 0 Å². The Hall–Kier alpha value is -1.39. The highest BCUT2D eigenvalue weighted by Gasteiger charge is 2.39. The SMILES string of the molecule is COCCNCC(=O)NC1(c2ccccc2)CCC1. The van der Waals surface area contributed by atoms with Crippen LogP contribution in [0.1, 0.15) is 24.8 Å². The van der Waals surface area contributed by atoms with Gasteiger partial charge in [0.2, 0.25) is 5.91 Å². The van der Waals surface area contributed by atoms with Gasteiger partial charge in [0, 0.05) is 13.7 Å². The average molecular weight is 262 g/mol. The zero-order chi connectivity index (χ0) is 13.6. The first-order valence-corrected chi connectivity index (χ1v) is 6.83. The molecule has 19 heavy (non-hydrogen) atoms. The lowest BCUT2D eigenvalue weighted by Gasteiger charge is -2.43. The van der Waals surface area contributed by atoms with E-state index in [0.29, 0.717) is 19.7 Å². The second-order valence-corrected chi connectivity index (χ2v) is 5.02. The van der Waals surface area contributed by atoms with Crippen LogP contribution in [0.2, 0.25) is 0 Å². The summed E-state index contributed by atoms with van der Waals surface area (Å²) < 4.78 is 4.93. The van der Waals surface area contributed by atoms with Gasteiger partial charge in [-0.25, -0.2) is 0 Å². The molecule has 4 heteroatoms. The lowest BCUT2D eigenvalue weighted by Crippen LogP contribution is -2.53. The molecule has 1 aliphatic carbocycles. The highest BCUT2D eigenvalue weighted by molar-refractivity contribution is 5.79. The van der Waals surface area contributed by atoms with E-state index in [4.69, 9.17) is 4.74 Å². The lowest BCUT2D eigenvalue weighted by atomic mass is 9.72. The number of carbonyl (C=O) groups excluding carboxylic acids is 1. The van der Waals surface area contributed by atoms with Gasteiger partial charge in [-0.15, -0.1) is 0 Å². The summed E-state index contributed by atoms with van der Waals surface area (Å²) in [5.41, 5.74) is 1.08. The van der Waals surface area contributed by atoms with Gasteiger partial charge in [0.05, 0.1) is 18.7 Å². The molecule has 0 radical (unpaired) electrons. The van der Waals surface area contributed by atoms with Gasteiger partial charge < -0.3 is 15.4 Å². The minimum Gasteiger partial charge on any atom is -0.383 e. The molecule has 0 heterocycles. The van der Waals surface area contributed by atoms with E-state index in [1.54, 1.807) is 7.11 Å². The molecule has 1 aliphatic rings. The van der Waals surface area contributed by atoms with Gasteiger partial charge in [-0.2, -0.15) is 0 Å². The molecule has 2 N–H and O–H groups in total. The molecule has 0 spiro atoms. The van der Waals surface area contributed by atoms with Crippen molar-refractivity contribution in [3.8, 4) is 0 Å². The van der Waals surface area contributed by atoms with Crippen molar-refractivity contribution in [3.63, 3.8) is 0 Å². The van der Waals surface area contributed by atoms with Crippen molar-refractivity contribution in [2.75, 3.05) is 26.8 Å². The van der Waals surface area contributed by atoms with Gasteiger partial charge in [-0.3, -0.25) is 4.79 Å². The summed E-state index contributed by atoms with van der Waals surface area (Å²) in [5.74, 6) is 0.0552. The molecule has 1 fully saturated rings. The fraction of sp³-hybridized carbons (Fsp3) is 0.533. The second kappa shape index (κ2) is 6.68. The molecule has 0 atom stereocenters. The Labute approximate surface area is 114 Å². The lowest BCUT2D eigenvalue weighted by molar-refractivity contribution is -0.123. The van der Waals surface area contributed by atoms with Crippen LogP contribution >= 0.6 is 0 Å². The van der Waals surface area contributed by atoms with Crippen molar-refractivity contribution in [1.82, 2.24) is 10.6 Å². The normalized spacial score (nSPS) is 16.7. The third kappa shape index (κ3) is 3.55. The average Bonchev–Trinajstić information content (AvgIpc) is 2.40. The van der Waals surface area contributed by atoms with E-state index < -0.39 is 0 Å². The third-order valence-corrected chi connectivity index (χ3v) is 3.68. The van der Waals surface area contributed by atoms with Crippen LogP contribution in [0.3, 0.4) is 0 Å². The fourth-order valence-corrected chi connectivity index (χ4v) is 2.46. The second-order valence-electron chi connectivity index (χ2n) is 5.02. The van der Waals surface area contributed by atoms with Crippen LogP contribution in [0.15, 0.2) is 30.3 Å². The Morgan fingerprint density at radius 2 is 2.05 bits per heavy atom. The molecule has 0 aromatic heterocycles. The first-order chi connectivity index (χ1) is 9.27. The number of rotatable bonds is 7. The monoisotopic (exact) mass is 262 g/mol. The number of methoxy groups -OCH3 is 1. The minimum absolute atomic E-state index is 0.0552. The molecular formula is C15H22N2O2. The van der Waals surface area contributed by atoms with Gasteiger partial charge in [-0.1, -0.05) is 30.3 Å². The number of nitrogens with one attached hydrogen (secondary N) is 2. The van der Waals surface area contributed by atoms with Gasteiger partial charge in [0.1, 0.15) is 0 Å². The number of carbonyl (C=O) groups is 1. The predicted octanol–water partition coefficient (Wildman–Crippen LogP) is 1.42. The molecular weight excluding hydrogens is 240 g/mol. The third-order valence-electron chi connectivity index (χ3n) is 3.68. The van der Waals surface area contributed by atoms with Crippen molar-refractivity contribution in [2.45, 2.75) is 24.8 Å². The van der Waals surface area contributed by atoms with Crippen molar-refractivity contribution in [2.24, 2.45) is 0 Å². The van der Waals surface area contributed by atoms with E-state index in [1.807, 2.05) is 18.2 Å². The van der Waals surface area contributed by atoms with Gasteiger partial charge in [0.15, 0.2) is 0 Å². The van der Waals surface area contributed by atoms with E-state index in [1.165, 1.54) is 12.0 Å². The predicted molar refractivity (Wildman–Crippen MR) is 74.9 cm³/mol. The summed E-state index contributed by atoms with van der Waals surface area (Å²) in [6.07, 6.45) is 3.23. The van der Waals surface area contributed by atoms with E-state index in [9.17, 15) is 4.79 Å². The first-order valence-electron chi connectivity index (χ1n) is 6.83. The molecule has 1 amide bonds. The molecule has 0 aliphatic heterocycles. The minimum atomic E-state index is -0.138. The molecule has 0 saturated heterocycles. The highest BCUT2D eigenvalue weighted by Crippen LogP contribution is 2.40. The van der Waals surface area contributed by atoms with Crippen molar-refractivity contribution >= 4 is 5.91 Å². The van der Waals surface area contributed by atoms with Crippen molar-refractivity contribution in [1.29, 1.82) is 0 Å². The van der Waals surface area contributed by atoms with Crippen LogP contribution in [0, 0.1) is 0 Å². The fourth-order valence-electron chi connectivity index (χ4n) is 2.46. The number of hydrogen-bond donors (Lipinski definition) is 2. The van der Waals surface area contributed by atoms with Crippen LogP contribution in [0.5, 0.6) is 0 Å². The first kappa shape index (κ1) is 14.0. The maximum Gasteiger partial charge on any atom is 0.234 e. The molecule has 1 saturated carbocycles. The van der Waals surface area contributed by atoms with Gasteiger partial charge in [0.25, 0.3) is 0 Å². The molecule has 104 valence electrons. The molecule has 1 aromatic carbocycles. The Bertz CT molecular complexity index is 402. The van der Waals surface area contributed by atoms with Gasteiger partial charge in [-0.05, 0) is 24.8 Å². The van der Waals surface area contributed by atoms with E-state index >= 15 is 0 Å². The number of ether oxygens (including phenoxy) is 1. The van der Waals surface area contributed by atoms with Crippen LogP contribution < -0.4 is 10.6 Å². The molecule has 0 bridgehead atoms. The summed E-state index contributed by atoms with van der Waals surface area (Å²) >= 11 is 0. The van der Waals surface area contributed by atoms with Crippen LogP contribution in [-0.2, 0) is 15.1 Å². The van der Waals surface area contributed by atoms with Crippen LogP contribution in [0.4, 0.5) is 0 Å². The van der Waals surface area contributed by atoms with Crippen molar-refractivity contribution < 1.29 is 9.53 Å². The van der Waals surface area contributed by atoms with Crippen LogP contribution in [-0.4, -0.2) is 32.7 Å². The Balaban J connectivity index is 1.87. The Kier molecular flexibility index (Phi) is 4.93. The quantitative estimate of drug-likeness (QED) is 0.731. The molecule has 1 aromatic rings. The summed E-state index contributed by atoms with van der Waals surface area (Å²) in [5, 5.41) is 6.25. The Morgan fingerprint density at radius 1 is 1.32 bits per heavy atom. The maximum atomic E-state index is 12.0. The summed E-state index contributed by atoms with van der Waals surface area (Å²) in [7, 11) is 1.65. The zero-order valence-electron chi connectivity index (χ0n) is 11.4. The summed E-state index contributed by atoms with van der Waals surface area (Å²) in [6, 6.07) is 10.2. The molecule has 0 unspecified atom stereocenters. The maximum absolute atomic E-state index is 12.0. The van der Waals surface area contributed by atoms with E-state index in [-0.39, 0.29) is 11.4 Å². The summed E-state index contributed by atoms with van der Waals surface area (Å²) in [6.45, 7) is 1.66. The van der Waals surface area contributed by atoms with Crippen molar-refractivity contribution in [3.05, 3.63) is 35.9 Å². The largest absolute Gasteiger partial charge is 0.383 e. The topological polar surface area (TPSA) is 50.4 Å².